The third-order valence-corrected chi connectivity index (χ3v) is 3.47. The van der Waals surface area contributed by atoms with Crippen molar-refractivity contribution in [2.75, 3.05) is 0 Å². The second-order valence-corrected chi connectivity index (χ2v) is 6.06. The Kier molecular flexibility index (Phi) is 25.8. The third kappa shape index (κ3) is 16.4. The number of carboxylic acid groups (broad SMARTS) is 6. The van der Waals surface area contributed by atoms with Crippen LogP contribution in [0.4, 0.5) is 0 Å². The van der Waals surface area contributed by atoms with E-state index in [2.05, 4.69) is 9.47 Å². The minimum absolute atomic E-state index is 0. The molecule has 0 unspecified atom stereocenters. The molecule has 0 rings (SSSR count). The Hall–Kier alpha value is -0.500. The van der Waals surface area contributed by atoms with Crippen molar-refractivity contribution in [2.45, 2.75) is 36.9 Å². The summed E-state index contributed by atoms with van der Waals surface area (Å²) in [5.74, 6) is -15.2. The molecule has 0 saturated heterocycles. The Labute approximate surface area is 295 Å². The van der Waals surface area contributed by atoms with Gasteiger partial charge in [-0.1, -0.05) is 0 Å². The molecule has 0 heterocycles. The number of carbonyl (C=O) groups excluding carboxylic acids is 2. The van der Waals surface area contributed by atoms with Gasteiger partial charge in [-0.05, 0) is 0 Å². The van der Waals surface area contributed by atoms with Gasteiger partial charge in [0.25, 0.3) is 0 Å². The maximum atomic E-state index is 11.8. The maximum absolute atomic E-state index is 11.8. The molecule has 0 aromatic rings. The van der Waals surface area contributed by atoms with E-state index in [0.717, 1.165) is 0 Å². The van der Waals surface area contributed by atoms with Gasteiger partial charge in [-0.15, -0.1) is 0 Å². The smallest absolute Gasteiger partial charge is 1.00 e. The van der Waals surface area contributed by atoms with Crippen LogP contribution in [0.5, 0.6) is 0 Å². The zero-order chi connectivity index (χ0) is 25.3. The van der Waals surface area contributed by atoms with Crippen LogP contribution < -0.4 is 118 Å². The van der Waals surface area contributed by atoms with Gasteiger partial charge in [0.2, 0.25) is 11.2 Å². The van der Waals surface area contributed by atoms with Crippen LogP contribution >= 0.6 is 0 Å². The first kappa shape index (κ1) is 45.4. The summed E-state index contributed by atoms with van der Waals surface area (Å²) < 4.78 is 8.76. The molecule has 0 spiro atoms. The summed E-state index contributed by atoms with van der Waals surface area (Å²) >= 11 is 0. The first-order valence-electron chi connectivity index (χ1n) is 8.03. The maximum Gasteiger partial charge on any atom is 1.00 e. The van der Waals surface area contributed by atoms with Crippen LogP contribution in [0.1, 0.15) is 31.4 Å². The molecule has 0 atom stereocenters. The van der Waals surface area contributed by atoms with Crippen molar-refractivity contribution in [3.63, 3.8) is 0 Å². The summed E-state index contributed by atoms with van der Waals surface area (Å²) in [6, 6.07) is 0. The van der Waals surface area contributed by atoms with Gasteiger partial charge >= 0.3 is 166 Å². The van der Waals surface area contributed by atoms with E-state index in [0.29, 0.717) is 0 Å². The van der Waals surface area contributed by atoms with Gasteiger partial charge in [0, 0.05) is 12.2 Å². The van der Waals surface area contributed by atoms with Gasteiger partial charge in [0.1, 0.15) is 0 Å². The number of carbonyl (C=O) groups is 8. The molecular weight excluding hydrogens is 540 g/mol. The zero-order valence-electron chi connectivity index (χ0n) is 23.7. The Bertz CT molecular complexity index is 800. The first-order chi connectivity index (χ1) is 14.5. The average Bonchev–Trinajstić information content (AvgIpc) is 2.57. The standard InChI is InChI=1S/C16H16O16.4Na.4H/c17-7(18)3-15(13(27)28,4-8(19)20)31-11(25)1-2-12(26)32-16(14(29)30,5-9(21)22)6-10(23)24;;;;;;;;/h1-2H,3-6H2,(H,17,18)(H,19,20)(H,21,22)(H,23,24)(H,27,28)(H,29,30);;;;;;;;/q;4*+1;4*-1/b2-1-;;;;;;;;. The van der Waals surface area contributed by atoms with Crippen LogP contribution in [0, 0.1) is 0 Å². The van der Waals surface area contributed by atoms with Crippen molar-refractivity contribution in [2.24, 2.45) is 0 Å². The van der Waals surface area contributed by atoms with Crippen LogP contribution in [0.25, 0.3) is 0 Å². The number of hydrogen-bond donors (Lipinski definition) is 6. The summed E-state index contributed by atoms with van der Waals surface area (Å²) in [7, 11) is 0. The molecule has 20 heteroatoms. The second-order valence-electron chi connectivity index (χ2n) is 6.06. The van der Waals surface area contributed by atoms with Crippen molar-refractivity contribution < 1.29 is 202 Å². The third-order valence-electron chi connectivity index (χ3n) is 3.47. The van der Waals surface area contributed by atoms with Crippen LogP contribution in [-0.4, -0.2) is 89.6 Å². The molecule has 0 aromatic carbocycles. The number of aliphatic carboxylic acids is 6. The number of hydrogen-bond acceptors (Lipinski definition) is 10. The Balaban J connectivity index is -0.000000172. The Morgan fingerprint density at radius 1 is 0.500 bits per heavy atom. The summed E-state index contributed by atoms with van der Waals surface area (Å²) in [5, 5.41) is 53.4. The number of esters is 2. The molecule has 0 aromatic heterocycles. The van der Waals surface area contributed by atoms with E-state index in [1.54, 1.807) is 0 Å². The minimum atomic E-state index is -3.07. The van der Waals surface area contributed by atoms with Gasteiger partial charge in [0.15, 0.2) is 0 Å². The van der Waals surface area contributed by atoms with E-state index >= 15 is 0 Å². The summed E-state index contributed by atoms with van der Waals surface area (Å²) in [6.45, 7) is 0. The van der Waals surface area contributed by atoms with Crippen molar-refractivity contribution in [3.05, 3.63) is 12.2 Å². The van der Waals surface area contributed by atoms with Crippen molar-refractivity contribution >= 4 is 47.8 Å². The monoisotopic (exact) mass is 560 g/mol. The van der Waals surface area contributed by atoms with Crippen LogP contribution in [-0.2, 0) is 47.8 Å². The van der Waals surface area contributed by atoms with Crippen molar-refractivity contribution in [1.82, 2.24) is 0 Å². The van der Waals surface area contributed by atoms with Crippen molar-refractivity contribution in [1.29, 1.82) is 0 Å². The number of carboxylic acids is 6. The first-order valence-corrected chi connectivity index (χ1v) is 8.03. The van der Waals surface area contributed by atoms with Gasteiger partial charge < -0.3 is 45.8 Å². The SMILES string of the molecule is O=C(O)CC(CC(=O)O)(OC(=O)/C=C\C(=O)OC(CC(=O)O)(CC(=O)O)C(=O)O)C(=O)O.[H-].[H-].[H-].[H-].[Na+].[Na+].[Na+].[Na+]. The average molecular weight is 560 g/mol. The number of ether oxygens (including phenoxy) is 2. The Morgan fingerprint density at radius 3 is 0.833 bits per heavy atom. The van der Waals surface area contributed by atoms with Crippen LogP contribution in [0.15, 0.2) is 12.2 Å². The van der Waals surface area contributed by atoms with Crippen molar-refractivity contribution in [3.8, 4) is 0 Å². The zero-order valence-corrected chi connectivity index (χ0v) is 27.7. The number of rotatable bonds is 14. The largest absolute Gasteiger partial charge is 1.00 e. The van der Waals surface area contributed by atoms with Crippen LogP contribution in [0.3, 0.4) is 0 Å². The minimum Gasteiger partial charge on any atom is -1.00 e. The van der Waals surface area contributed by atoms with Gasteiger partial charge in [0.05, 0.1) is 25.7 Å². The molecule has 0 radical (unpaired) electrons. The summed E-state index contributed by atoms with van der Waals surface area (Å²) in [4.78, 5) is 89.7. The van der Waals surface area contributed by atoms with E-state index in [4.69, 9.17) is 30.6 Å². The second kappa shape index (κ2) is 20.5. The molecule has 0 bridgehead atoms. The quantitative estimate of drug-likeness (QED) is 0.0653. The van der Waals surface area contributed by atoms with E-state index in [-0.39, 0.29) is 136 Å². The molecule has 16 nitrogen and oxygen atoms in total. The molecule has 6 N–H and O–H groups in total. The molecule has 184 valence electrons. The van der Waals surface area contributed by atoms with E-state index in [1.165, 1.54) is 0 Å². The molecule has 0 aliphatic rings. The van der Waals surface area contributed by atoms with Gasteiger partial charge in [-0.3, -0.25) is 19.2 Å². The fraction of sp³-hybridized carbons (Fsp3) is 0.375. The van der Waals surface area contributed by atoms with E-state index < -0.39 is 84.6 Å². The summed E-state index contributed by atoms with van der Waals surface area (Å²) in [6.07, 6.45) is -5.68. The predicted octanol–water partition coefficient (Wildman–Crippen LogP) is -13.4. The summed E-state index contributed by atoms with van der Waals surface area (Å²) in [5.41, 5.74) is -6.14. The van der Waals surface area contributed by atoms with E-state index in [1.807, 2.05) is 0 Å². The normalized spacial score (nSPS) is 10.1. The fourth-order valence-corrected chi connectivity index (χ4v) is 2.23. The fourth-order valence-electron chi connectivity index (χ4n) is 2.23. The molecule has 0 fully saturated rings. The molecule has 0 aliphatic carbocycles. The topological polar surface area (TPSA) is 276 Å². The molecular formula is C16H20Na4O16. The molecule has 0 aliphatic heterocycles. The Morgan fingerprint density at radius 2 is 0.694 bits per heavy atom. The molecule has 0 saturated carbocycles. The predicted molar refractivity (Wildman–Crippen MR) is 95.5 cm³/mol. The van der Waals surface area contributed by atoms with Gasteiger partial charge in [-0.2, -0.15) is 0 Å². The molecule has 0 amide bonds. The van der Waals surface area contributed by atoms with Crippen LogP contribution in [0.2, 0.25) is 0 Å². The van der Waals surface area contributed by atoms with Gasteiger partial charge in [-0.25, -0.2) is 19.2 Å². The van der Waals surface area contributed by atoms with E-state index in [9.17, 15) is 38.4 Å². The molecule has 36 heavy (non-hydrogen) atoms.